The molecule has 0 bridgehead atoms. The third kappa shape index (κ3) is 5.13. The van der Waals surface area contributed by atoms with Gasteiger partial charge in [0.1, 0.15) is 12.4 Å². The molecule has 1 aliphatic rings. The first kappa shape index (κ1) is 17.1. The van der Waals surface area contributed by atoms with Crippen LogP contribution in [0.5, 0.6) is 5.75 Å². The van der Waals surface area contributed by atoms with Crippen LogP contribution in [-0.2, 0) is 9.59 Å². The number of amides is 2. The van der Waals surface area contributed by atoms with E-state index in [0.29, 0.717) is 24.0 Å². The summed E-state index contributed by atoms with van der Waals surface area (Å²) >= 11 is 0. The first-order valence-electron chi connectivity index (χ1n) is 8.05. The summed E-state index contributed by atoms with van der Waals surface area (Å²) < 4.78 is 5.36. The summed E-state index contributed by atoms with van der Waals surface area (Å²) in [5.74, 6) is -0.108. The van der Waals surface area contributed by atoms with Crippen LogP contribution in [0.2, 0.25) is 0 Å². The molecule has 0 unspecified atom stereocenters. The minimum Gasteiger partial charge on any atom is -0.490 e. The Morgan fingerprint density at radius 3 is 2.57 bits per heavy atom. The van der Waals surface area contributed by atoms with Crippen molar-refractivity contribution in [1.82, 2.24) is 5.32 Å². The zero-order valence-corrected chi connectivity index (χ0v) is 13.5. The standard InChI is InChI=1S/C18H24N2O3/c1-3-12-23-15-10-8-14(9-11-15)19-17(21)18(22)20-16-7-5-4-6-13(16)2/h3,8-11,13,16H,1,4-7,12H2,2H3,(H,19,21)(H,20,22)/t13-,16-/m0/s1. The summed E-state index contributed by atoms with van der Waals surface area (Å²) in [5, 5.41) is 5.44. The summed E-state index contributed by atoms with van der Waals surface area (Å²) in [6.45, 7) is 6.12. The van der Waals surface area contributed by atoms with Gasteiger partial charge in [0.15, 0.2) is 0 Å². The highest BCUT2D eigenvalue weighted by Crippen LogP contribution is 2.23. The summed E-state index contributed by atoms with van der Waals surface area (Å²) in [6, 6.07) is 6.97. The van der Waals surface area contributed by atoms with Gasteiger partial charge >= 0.3 is 11.8 Å². The van der Waals surface area contributed by atoms with E-state index in [4.69, 9.17) is 4.74 Å². The van der Waals surface area contributed by atoms with Gasteiger partial charge in [0.25, 0.3) is 0 Å². The summed E-state index contributed by atoms with van der Waals surface area (Å²) in [5.41, 5.74) is 0.563. The highest BCUT2D eigenvalue weighted by molar-refractivity contribution is 6.39. The van der Waals surface area contributed by atoms with Gasteiger partial charge in [0, 0.05) is 11.7 Å². The Labute approximate surface area is 137 Å². The molecule has 0 saturated heterocycles. The normalized spacial score (nSPS) is 20.4. The second-order valence-corrected chi connectivity index (χ2v) is 5.92. The quantitative estimate of drug-likeness (QED) is 0.648. The second-order valence-electron chi connectivity index (χ2n) is 5.92. The number of benzene rings is 1. The van der Waals surface area contributed by atoms with E-state index < -0.39 is 11.8 Å². The van der Waals surface area contributed by atoms with Gasteiger partial charge in [-0.05, 0) is 43.0 Å². The average Bonchev–Trinajstić information content (AvgIpc) is 2.56. The van der Waals surface area contributed by atoms with Crippen molar-refractivity contribution in [2.45, 2.75) is 38.6 Å². The molecule has 124 valence electrons. The molecule has 0 aromatic heterocycles. The summed E-state index contributed by atoms with van der Waals surface area (Å²) in [6.07, 6.45) is 5.99. The van der Waals surface area contributed by atoms with Gasteiger partial charge in [-0.1, -0.05) is 32.4 Å². The Balaban J connectivity index is 1.85. The molecule has 1 aliphatic carbocycles. The first-order chi connectivity index (χ1) is 11.1. The van der Waals surface area contributed by atoms with Gasteiger partial charge in [0.05, 0.1) is 0 Å². The van der Waals surface area contributed by atoms with Crippen LogP contribution in [0.15, 0.2) is 36.9 Å². The van der Waals surface area contributed by atoms with Crippen molar-refractivity contribution in [3.05, 3.63) is 36.9 Å². The Bertz CT molecular complexity index is 554. The number of hydrogen-bond donors (Lipinski definition) is 2. The van der Waals surface area contributed by atoms with E-state index in [0.717, 1.165) is 19.3 Å². The molecule has 0 radical (unpaired) electrons. The number of ether oxygens (including phenoxy) is 1. The van der Waals surface area contributed by atoms with Crippen molar-refractivity contribution in [3.8, 4) is 5.75 Å². The number of rotatable bonds is 5. The van der Waals surface area contributed by atoms with Gasteiger partial charge in [-0.2, -0.15) is 0 Å². The van der Waals surface area contributed by atoms with Crippen LogP contribution in [0, 0.1) is 5.92 Å². The molecule has 2 rings (SSSR count). The van der Waals surface area contributed by atoms with Gasteiger partial charge in [-0.15, -0.1) is 0 Å². The van der Waals surface area contributed by atoms with Crippen molar-refractivity contribution < 1.29 is 14.3 Å². The maximum Gasteiger partial charge on any atom is 0.313 e. The third-order valence-electron chi connectivity index (χ3n) is 4.11. The van der Waals surface area contributed by atoms with Crippen LogP contribution < -0.4 is 15.4 Å². The van der Waals surface area contributed by atoms with E-state index >= 15 is 0 Å². The van der Waals surface area contributed by atoms with Crippen LogP contribution in [-0.4, -0.2) is 24.5 Å². The van der Waals surface area contributed by atoms with Gasteiger partial charge in [-0.25, -0.2) is 0 Å². The van der Waals surface area contributed by atoms with Crippen molar-refractivity contribution in [1.29, 1.82) is 0 Å². The van der Waals surface area contributed by atoms with Crippen molar-refractivity contribution in [3.63, 3.8) is 0 Å². The monoisotopic (exact) mass is 316 g/mol. The van der Waals surface area contributed by atoms with E-state index in [1.807, 2.05) is 0 Å². The van der Waals surface area contributed by atoms with Crippen molar-refractivity contribution >= 4 is 17.5 Å². The fraction of sp³-hybridized carbons (Fsp3) is 0.444. The van der Waals surface area contributed by atoms with E-state index in [-0.39, 0.29) is 6.04 Å². The minimum absolute atomic E-state index is 0.0941. The Morgan fingerprint density at radius 2 is 1.91 bits per heavy atom. The molecule has 23 heavy (non-hydrogen) atoms. The largest absolute Gasteiger partial charge is 0.490 e. The average molecular weight is 316 g/mol. The number of anilines is 1. The zero-order valence-electron chi connectivity index (χ0n) is 13.5. The van der Waals surface area contributed by atoms with Crippen LogP contribution in [0.3, 0.4) is 0 Å². The number of hydrogen-bond acceptors (Lipinski definition) is 3. The molecule has 1 fully saturated rings. The first-order valence-corrected chi connectivity index (χ1v) is 8.05. The third-order valence-corrected chi connectivity index (χ3v) is 4.11. The van der Waals surface area contributed by atoms with Crippen LogP contribution in [0.1, 0.15) is 32.6 Å². The smallest absolute Gasteiger partial charge is 0.313 e. The molecule has 5 heteroatoms. The summed E-state index contributed by atoms with van der Waals surface area (Å²) in [7, 11) is 0. The molecular weight excluding hydrogens is 292 g/mol. The topological polar surface area (TPSA) is 67.4 Å². The van der Waals surface area contributed by atoms with Crippen LogP contribution in [0.4, 0.5) is 5.69 Å². The van der Waals surface area contributed by atoms with E-state index in [1.54, 1.807) is 30.3 Å². The fourth-order valence-corrected chi connectivity index (χ4v) is 2.74. The van der Waals surface area contributed by atoms with Gasteiger partial charge < -0.3 is 15.4 Å². The van der Waals surface area contributed by atoms with Crippen LogP contribution in [0.25, 0.3) is 0 Å². The van der Waals surface area contributed by atoms with E-state index in [2.05, 4.69) is 24.1 Å². The van der Waals surface area contributed by atoms with E-state index in [9.17, 15) is 9.59 Å². The van der Waals surface area contributed by atoms with Gasteiger partial charge in [-0.3, -0.25) is 9.59 Å². The maximum absolute atomic E-state index is 12.0. The second kappa shape index (κ2) is 8.36. The lowest BCUT2D eigenvalue weighted by Gasteiger charge is -2.29. The molecule has 2 N–H and O–H groups in total. The molecule has 0 heterocycles. The Kier molecular flexibility index (Phi) is 6.20. The number of carbonyl (C=O) groups excluding carboxylic acids is 2. The van der Waals surface area contributed by atoms with Crippen molar-refractivity contribution in [2.75, 3.05) is 11.9 Å². The number of carbonyl (C=O) groups is 2. The molecule has 5 nitrogen and oxygen atoms in total. The predicted molar refractivity (Wildman–Crippen MR) is 90.3 cm³/mol. The molecule has 1 aromatic carbocycles. The molecule has 2 atom stereocenters. The highest BCUT2D eigenvalue weighted by Gasteiger charge is 2.25. The molecule has 0 spiro atoms. The lowest BCUT2D eigenvalue weighted by Crippen LogP contribution is -2.45. The lowest BCUT2D eigenvalue weighted by molar-refractivity contribution is -0.137. The summed E-state index contributed by atoms with van der Waals surface area (Å²) in [4.78, 5) is 24.0. The van der Waals surface area contributed by atoms with Gasteiger partial charge in [0.2, 0.25) is 0 Å². The molecule has 2 amide bonds. The Hall–Kier alpha value is -2.30. The molecule has 1 aromatic rings. The zero-order chi connectivity index (χ0) is 16.7. The molecule has 0 aliphatic heterocycles. The van der Waals surface area contributed by atoms with Crippen molar-refractivity contribution in [2.24, 2.45) is 5.92 Å². The van der Waals surface area contributed by atoms with Crippen LogP contribution >= 0.6 is 0 Å². The van der Waals surface area contributed by atoms with E-state index in [1.165, 1.54) is 6.42 Å². The molecular formula is C18H24N2O3. The maximum atomic E-state index is 12.0. The fourth-order valence-electron chi connectivity index (χ4n) is 2.74. The highest BCUT2D eigenvalue weighted by atomic mass is 16.5. The predicted octanol–water partition coefficient (Wildman–Crippen LogP) is 2.88. The molecule has 1 saturated carbocycles. The SMILES string of the molecule is C=CCOc1ccc(NC(=O)C(=O)N[C@H]2CCCC[C@@H]2C)cc1. The Morgan fingerprint density at radius 1 is 1.22 bits per heavy atom. The lowest BCUT2D eigenvalue weighted by atomic mass is 9.86. The minimum atomic E-state index is -0.637. The number of nitrogens with one attached hydrogen (secondary N) is 2.